The summed E-state index contributed by atoms with van der Waals surface area (Å²) in [6.07, 6.45) is 12.2. The number of aromatic nitrogens is 1. The van der Waals surface area contributed by atoms with Gasteiger partial charge in [0.25, 0.3) is 0 Å². The van der Waals surface area contributed by atoms with Crippen LogP contribution in [0.5, 0.6) is 0 Å². The van der Waals surface area contributed by atoms with Crippen molar-refractivity contribution in [3.63, 3.8) is 0 Å². The number of hydrogen-bond donors (Lipinski definition) is 0. The molecule has 3 saturated heterocycles. The van der Waals surface area contributed by atoms with Crippen LogP contribution in [0, 0.1) is 23.2 Å². The SMILES string of the molecule is C[C@]12CCC[C@]3(CO3)[C@@H]1C[C@@H]1[C@H](CN3CCC(c4cccnc4)CC3)C(=O)O[C@@H]1C2. The molecule has 1 spiro atoms. The highest BCUT2D eigenvalue weighted by atomic mass is 16.6. The van der Waals surface area contributed by atoms with Gasteiger partial charge in [-0.1, -0.05) is 13.0 Å². The van der Waals surface area contributed by atoms with E-state index in [0.29, 0.717) is 17.8 Å². The minimum absolute atomic E-state index is 0.0484. The number of ether oxygens (including phenoxy) is 2. The Balaban J connectivity index is 1.12. The van der Waals surface area contributed by atoms with Crippen LogP contribution in [0.4, 0.5) is 0 Å². The monoisotopic (exact) mass is 410 g/mol. The van der Waals surface area contributed by atoms with Gasteiger partial charge in [-0.15, -0.1) is 0 Å². The molecule has 0 amide bonds. The largest absolute Gasteiger partial charge is 0.462 e. The molecule has 0 aromatic carbocycles. The van der Waals surface area contributed by atoms with Crippen molar-refractivity contribution >= 4 is 5.97 Å². The van der Waals surface area contributed by atoms with Crippen LogP contribution in [0.3, 0.4) is 0 Å². The maximum absolute atomic E-state index is 12.9. The van der Waals surface area contributed by atoms with Gasteiger partial charge in [0.05, 0.1) is 18.1 Å². The van der Waals surface area contributed by atoms with E-state index in [2.05, 4.69) is 22.9 Å². The molecule has 6 rings (SSSR count). The summed E-state index contributed by atoms with van der Waals surface area (Å²) in [6, 6.07) is 4.24. The maximum atomic E-state index is 12.9. The van der Waals surface area contributed by atoms with E-state index >= 15 is 0 Å². The molecule has 0 radical (unpaired) electrons. The lowest BCUT2D eigenvalue weighted by atomic mass is 9.53. The lowest BCUT2D eigenvalue weighted by Crippen LogP contribution is -2.51. The van der Waals surface area contributed by atoms with Crippen molar-refractivity contribution in [2.24, 2.45) is 23.2 Å². The van der Waals surface area contributed by atoms with Gasteiger partial charge >= 0.3 is 5.97 Å². The number of rotatable bonds is 3. The summed E-state index contributed by atoms with van der Waals surface area (Å²) in [5.74, 6) is 1.70. The van der Waals surface area contributed by atoms with Crippen molar-refractivity contribution in [1.29, 1.82) is 0 Å². The molecule has 1 aromatic heterocycles. The van der Waals surface area contributed by atoms with Gasteiger partial charge in [0.2, 0.25) is 0 Å². The Hall–Kier alpha value is -1.46. The second-order valence-corrected chi connectivity index (χ2v) is 11.0. The number of piperidine rings is 1. The zero-order valence-electron chi connectivity index (χ0n) is 18.1. The van der Waals surface area contributed by atoms with Gasteiger partial charge in [-0.05, 0) is 86.9 Å². The number of epoxide rings is 1. The molecule has 4 heterocycles. The maximum Gasteiger partial charge on any atom is 0.310 e. The number of carbonyl (C=O) groups excluding carboxylic acids is 1. The summed E-state index contributed by atoms with van der Waals surface area (Å²) in [6.45, 7) is 6.37. The fraction of sp³-hybridized carbons (Fsp3) is 0.760. The lowest BCUT2D eigenvalue weighted by Gasteiger charge is -2.51. The zero-order valence-corrected chi connectivity index (χ0v) is 18.1. The summed E-state index contributed by atoms with van der Waals surface area (Å²) in [4.78, 5) is 19.7. The van der Waals surface area contributed by atoms with Crippen molar-refractivity contribution in [2.45, 2.75) is 69.5 Å². The number of esters is 1. The van der Waals surface area contributed by atoms with E-state index in [4.69, 9.17) is 9.47 Å². The first-order chi connectivity index (χ1) is 14.6. The third kappa shape index (κ3) is 3.12. The minimum atomic E-state index is 0.0484. The molecule has 6 atom stereocenters. The lowest BCUT2D eigenvalue weighted by molar-refractivity contribution is -0.147. The molecule has 0 unspecified atom stereocenters. The van der Waals surface area contributed by atoms with E-state index in [0.717, 1.165) is 51.9 Å². The van der Waals surface area contributed by atoms with Crippen LogP contribution in [0.2, 0.25) is 0 Å². The van der Waals surface area contributed by atoms with Crippen molar-refractivity contribution in [3.05, 3.63) is 30.1 Å². The van der Waals surface area contributed by atoms with Gasteiger partial charge in [0, 0.05) is 24.9 Å². The van der Waals surface area contributed by atoms with Gasteiger partial charge in [-0.2, -0.15) is 0 Å². The highest BCUT2D eigenvalue weighted by Crippen LogP contribution is 2.62. The molecular formula is C25H34N2O3. The van der Waals surface area contributed by atoms with Crippen LogP contribution in [0.1, 0.15) is 63.4 Å². The third-order valence-electron chi connectivity index (χ3n) is 9.28. The minimum Gasteiger partial charge on any atom is -0.462 e. The Morgan fingerprint density at radius 2 is 2.10 bits per heavy atom. The van der Waals surface area contributed by atoms with Gasteiger partial charge in [0.1, 0.15) is 6.10 Å². The summed E-state index contributed by atoms with van der Waals surface area (Å²) in [5.41, 5.74) is 1.78. The summed E-state index contributed by atoms with van der Waals surface area (Å²) < 4.78 is 12.0. The predicted octanol–water partition coefficient (Wildman–Crippen LogP) is 3.79. The van der Waals surface area contributed by atoms with E-state index in [1.807, 2.05) is 18.5 Å². The predicted molar refractivity (Wildman–Crippen MR) is 113 cm³/mol. The van der Waals surface area contributed by atoms with E-state index in [9.17, 15) is 4.79 Å². The van der Waals surface area contributed by atoms with Crippen LogP contribution in [0.25, 0.3) is 0 Å². The number of pyridine rings is 1. The fourth-order valence-corrected chi connectivity index (χ4v) is 7.51. The smallest absolute Gasteiger partial charge is 0.310 e. The Bertz CT molecular complexity index is 802. The number of carbonyl (C=O) groups is 1. The first-order valence-electron chi connectivity index (χ1n) is 12.0. The van der Waals surface area contributed by atoms with Crippen LogP contribution in [-0.2, 0) is 14.3 Å². The normalized spacial score (nSPS) is 43.8. The highest BCUT2D eigenvalue weighted by Gasteiger charge is 2.65. The highest BCUT2D eigenvalue weighted by molar-refractivity contribution is 5.75. The number of likely N-dealkylation sites (tertiary alicyclic amines) is 1. The molecule has 0 N–H and O–H groups in total. The Labute approximate surface area is 179 Å². The molecule has 3 aliphatic heterocycles. The van der Waals surface area contributed by atoms with Crippen LogP contribution < -0.4 is 0 Å². The number of nitrogens with zero attached hydrogens (tertiary/aromatic N) is 2. The quantitative estimate of drug-likeness (QED) is 0.561. The number of hydrogen-bond acceptors (Lipinski definition) is 5. The first-order valence-corrected chi connectivity index (χ1v) is 12.0. The topological polar surface area (TPSA) is 55.0 Å². The molecule has 5 heteroatoms. The van der Waals surface area contributed by atoms with Crippen LogP contribution in [0.15, 0.2) is 24.5 Å². The molecule has 30 heavy (non-hydrogen) atoms. The third-order valence-corrected chi connectivity index (χ3v) is 9.28. The van der Waals surface area contributed by atoms with Crippen molar-refractivity contribution in [2.75, 3.05) is 26.2 Å². The molecule has 5 aliphatic rings. The summed E-state index contributed by atoms with van der Waals surface area (Å²) in [5, 5.41) is 0. The van der Waals surface area contributed by atoms with Gasteiger partial charge < -0.3 is 14.4 Å². The van der Waals surface area contributed by atoms with E-state index < -0.39 is 0 Å². The Morgan fingerprint density at radius 1 is 1.27 bits per heavy atom. The second kappa shape index (κ2) is 7.03. The Kier molecular flexibility index (Phi) is 4.51. The summed E-state index contributed by atoms with van der Waals surface area (Å²) in [7, 11) is 0. The number of fused-ring (bicyclic) bond motifs is 3. The van der Waals surface area contributed by atoms with Gasteiger partial charge in [0.15, 0.2) is 0 Å². The molecule has 1 aromatic rings. The molecule has 2 aliphatic carbocycles. The standard InChI is InChI=1S/C25H34N2O3/c1-24-7-3-8-25(16-29-25)22(24)12-19-20(23(28)30-21(19)13-24)15-27-10-5-17(6-11-27)18-4-2-9-26-14-18/h2,4,9,14,17,19-22H,3,5-8,10-13,15-16H2,1H3/t19-,20+,21-,22-,24-,25+/m1/s1. The molecule has 5 fully saturated rings. The fourth-order valence-electron chi connectivity index (χ4n) is 7.51. The van der Waals surface area contributed by atoms with Crippen molar-refractivity contribution in [1.82, 2.24) is 9.88 Å². The second-order valence-electron chi connectivity index (χ2n) is 11.0. The molecule has 162 valence electrons. The molecule has 5 nitrogen and oxygen atoms in total. The van der Waals surface area contributed by atoms with E-state index in [1.54, 1.807) is 0 Å². The molecule has 2 saturated carbocycles. The van der Waals surface area contributed by atoms with Gasteiger partial charge in [-0.3, -0.25) is 9.78 Å². The van der Waals surface area contributed by atoms with Crippen LogP contribution >= 0.6 is 0 Å². The first kappa shape index (κ1) is 19.2. The Morgan fingerprint density at radius 3 is 2.83 bits per heavy atom. The molecular weight excluding hydrogens is 376 g/mol. The average Bonchev–Trinajstić information content (AvgIpc) is 3.46. The molecule has 0 bridgehead atoms. The average molecular weight is 411 g/mol. The van der Waals surface area contributed by atoms with Crippen LogP contribution in [-0.4, -0.2) is 53.8 Å². The zero-order chi connectivity index (χ0) is 20.3. The van der Waals surface area contributed by atoms with E-state index in [-0.39, 0.29) is 29.0 Å². The van der Waals surface area contributed by atoms with E-state index in [1.165, 1.54) is 24.8 Å². The van der Waals surface area contributed by atoms with Gasteiger partial charge in [-0.25, -0.2) is 0 Å². The van der Waals surface area contributed by atoms with Crippen molar-refractivity contribution in [3.8, 4) is 0 Å². The summed E-state index contributed by atoms with van der Waals surface area (Å²) >= 11 is 0. The van der Waals surface area contributed by atoms with Crippen molar-refractivity contribution < 1.29 is 14.3 Å².